The maximum atomic E-state index is 13.9. The smallest absolute Gasteiger partial charge is 0.243 e. The molecule has 0 aromatic heterocycles. The van der Waals surface area contributed by atoms with Gasteiger partial charge in [0.2, 0.25) is 15.9 Å². The predicted molar refractivity (Wildman–Crippen MR) is 115 cm³/mol. The van der Waals surface area contributed by atoms with E-state index in [1.54, 1.807) is 17.0 Å². The van der Waals surface area contributed by atoms with Crippen molar-refractivity contribution in [1.82, 2.24) is 9.21 Å². The summed E-state index contributed by atoms with van der Waals surface area (Å²) in [7, 11) is -3.87. The monoisotopic (exact) mass is 484 g/mol. The zero-order chi connectivity index (χ0) is 22.9. The molecule has 2 aliphatic rings. The Balaban J connectivity index is 1.52. The second kappa shape index (κ2) is 9.05. The van der Waals surface area contributed by atoms with Gasteiger partial charge in [0.25, 0.3) is 0 Å². The number of benzene rings is 2. The molecule has 2 aromatic rings. The molecule has 2 aliphatic heterocycles. The highest BCUT2D eigenvalue weighted by molar-refractivity contribution is 7.89. The molecule has 0 unspecified atom stereocenters. The van der Waals surface area contributed by atoms with E-state index in [-0.39, 0.29) is 42.0 Å². The van der Waals surface area contributed by atoms with Crippen molar-refractivity contribution < 1.29 is 26.7 Å². The normalized spacial score (nSPS) is 19.7. The van der Waals surface area contributed by atoms with Crippen molar-refractivity contribution in [3.63, 3.8) is 0 Å². The van der Waals surface area contributed by atoms with Crippen LogP contribution in [0.15, 0.2) is 47.4 Å². The fourth-order valence-electron chi connectivity index (χ4n) is 4.35. The summed E-state index contributed by atoms with van der Waals surface area (Å²) in [4.78, 5) is 15.2. The first kappa shape index (κ1) is 23.1. The van der Waals surface area contributed by atoms with E-state index in [4.69, 9.17) is 16.3 Å². The minimum Gasteiger partial charge on any atom is -0.381 e. The Morgan fingerprint density at radius 3 is 2.31 bits per heavy atom. The molecule has 172 valence electrons. The number of sulfonamides is 1. The topological polar surface area (TPSA) is 66.9 Å². The van der Waals surface area contributed by atoms with Crippen LogP contribution in [0.5, 0.6) is 0 Å². The third kappa shape index (κ3) is 4.26. The Labute approximate surface area is 190 Å². The summed E-state index contributed by atoms with van der Waals surface area (Å²) in [5, 5.41) is -0.267. The average Bonchev–Trinajstić information content (AvgIpc) is 2.81. The third-order valence-corrected chi connectivity index (χ3v) is 8.37. The zero-order valence-corrected chi connectivity index (χ0v) is 18.8. The van der Waals surface area contributed by atoms with E-state index >= 15 is 0 Å². The molecule has 0 bridgehead atoms. The molecule has 6 nitrogen and oxygen atoms in total. The van der Waals surface area contributed by atoms with Gasteiger partial charge in [0.1, 0.15) is 11.6 Å². The fourth-order valence-corrected chi connectivity index (χ4v) is 6.05. The van der Waals surface area contributed by atoms with Crippen molar-refractivity contribution in [1.29, 1.82) is 0 Å². The first-order valence-electron chi connectivity index (χ1n) is 10.3. The fraction of sp³-hybridized carbons (Fsp3) is 0.409. The van der Waals surface area contributed by atoms with Crippen LogP contribution in [0.3, 0.4) is 0 Å². The Kier molecular flexibility index (Phi) is 6.53. The lowest BCUT2D eigenvalue weighted by Gasteiger charge is -2.42. The molecule has 0 atom stereocenters. The molecule has 0 saturated carbocycles. The van der Waals surface area contributed by atoms with E-state index in [1.165, 1.54) is 22.5 Å². The average molecular weight is 485 g/mol. The molecule has 32 heavy (non-hydrogen) atoms. The van der Waals surface area contributed by atoms with Crippen LogP contribution >= 0.6 is 11.6 Å². The van der Waals surface area contributed by atoms with Crippen molar-refractivity contribution in [3.8, 4) is 0 Å². The van der Waals surface area contributed by atoms with E-state index < -0.39 is 27.1 Å². The van der Waals surface area contributed by atoms with Gasteiger partial charge in [-0.25, -0.2) is 17.2 Å². The zero-order valence-electron chi connectivity index (χ0n) is 17.3. The molecule has 2 saturated heterocycles. The molecule has 0 radical (unpaired) electrons. The molecule has 2 fully saturated rings. The Morgan fingerprint density at radius 1 is 1.00 bits per heavy atom. The van der Waals surface area contributed by atoms with Crippen LogP contribution < -0.4 is 0 Å². The van der Waals surface area contributed by atoms with Gasteiger partial charge in [-0.05, 0) is 48.7 Å². The van der Waals surface area contributed by atoms with Crippen LogP contribution in [0.25, 0.3) is 0 Å². The molecule has 2 aromatic carbocycles. The van der Waals surface area contributed by atoms with E-state index in [0.29, 0.717) is 31.6 Å². The van der Waals surface area contributed by atoms with Gasteiger partial charge in [0, 0.05) is 39.4 Å². The lowest BCUT2D eigenvalue weighted by Crippen LogP contribution is -2.56. The van der Waals surface area contributed by atoms with E-state index in [0.717, 1.165) is 12.1 Å². The van der Waals surface area contributed by atoms with Gasteiger partial charge in [0.15, 0.2) is 0 Å². The SMILES string of the molecule is O=C(N1CCN(S(=O)(=O)c2ccc(F)c(Cl)c2)CC1)C1(c2cccc(F)c2)CCOCC1. The molecule has 10 heteroatoms. The van der Waals surface area contributed by atoms with E-state index in [1.807, 2.05) is 0 Å². The minimum absolute atomic E-state index is 0.0932. The Morgan fingerprint density at radius 2 is 1.69 bits per heavy atom. The van der Waals surface area contributed by atoms with Crippen LogP contribution in [-0.2, 0) is 25.0 Å². The van der Waals surface area contributed by atoms with E-state index in [2.05, 4.69) is 0 Å². The molecule has 0 N–H and O–H groups in total. The summed E-state index contributed by atoms with van der Waals surface area (Å²) in [5.74, 6) is -1.25. The summed E-state index contributed by atoms with van der Waals surface area (Å²) >= 11 is 5.75. The molecular weight excluding hydrogens is 462 g/mol. The molecular formula is C22H23ClF2N2O4S. The second-order valence-electron chi connectivity index (χ2n) is 7.98. The predicted octanol–water partition coefficient (Wildman–Crippen LogP) is 3.20. The molecule has 1 amide bonds. The quantitative estimate of drug-likeness (QED) is 0.668. The van der Waals surface area contributed by atoms with Crippen LogP contribution in [0.4, 0.5) is 8.78 Å². The van der Waals surface area contributed by atoms with E-state index in [9.17, 15) is 22.0 Å². The third-order valence-electron chi connectivity index (χ3n) is 6.19. The van der Waals surface area contributed by atoms with Crippen molar-refractivity contribution >= 4 is 27.5 Å². The number of ether oxygens (including phenoxy) is 1. The van der Waals surface area contributed by atoms with Gasteiger partial charge >= 0.3 is 0 Å². The number of nitrogens with zero attached hydrogens (tertiary/aromatic N) is 2. The maximum absolute atomic E-state index is 13.9. The number of hydrogen-bond acceptors (Lipinski definition) is 4. The number of amides is 1. The highest BCUT2D eigenvalue weighted by Gasteiger charge is 2.45. The Bertz CT molecular complexity index is 1110. The number of carbonyl (C=O) groups is 1. The summed E-state index contributed by atoms with van der Waals surface area (Å²) in [5.41, 5.74) is -0.284. The lowest BCUT2D eigenvalue weighted by molar-refractivity contribution is -0.142. The van der Waals surface area contributed by atoms with Crippen LogP contribution in [0, 0.1) is 11.6 Å². The summed E-state index contributed by atoms with van der Waals surface area (Å²) < 4.78 is 59.9. The minimum atomic E-state index is -3.87. The molecule has 2 heterocycles. The van der Waals surface area contributed by atoms with Crippen molar-refractivity contribution in [2.75, 3.05) is 39.4 Å². The first-order valence-corrected chi connectivity index (χ1v) is 12.1. The number of halogens is 3. The molecule has 0 spiro atoms. The molecule has 4 rings (SSSR count). The molecule has 0 aliphatic carbocycles. The number of piperazine rings is 1. The van der Waals surface area contributed by atoms with Gasteiger partial charge in [0.05, 0.1) is 15.3 Å². The van der Waals surface area contributed by atoms with Gasteiger partial charge in [-0.3, -0.25) is 4.79 Å². The summed E-state index contributed by atoms with van der Waals surface area (Å²) in [6.45, 7) is 1.37. The summed E-state index contributed by atoms with van der Waals surface area (Å²) in [6, 6.07) is 9.36. The van der Waals surface area contributed by atoms with Crippen molar-refractivity contribution in [2.45, 2.75) is 23.2 Å². The maximum Gasteiger partial charge on any atom is 0.243 e. The van der Waals surface area contributed by atoms with Crippen LogP contribution in [-0.4, -0.2) is 62.9 Å². The highest BCUT2D eigenvalue weighted by Crippen LogP contribution is 2.37. The summed E-state index contributed by atoms with van der Waals surface area (Å²) in [6.07, 6.45) is 0.865. The number of hydrogen-bond donors (Lipinski definition) is 0. The highest BCUT2D eigenvalue weighted by atomic mass is 35.5. The van der Waals surface area contributed by atoms with Gasteiger partial charge in [-0.15, -0.1) is 0 Å². The second-order valence-corrected chi connectivity index (χ2v) is 10.3. The van der Waals surface area contributed by atoms with Crippen molar-refractivity contribution in [2.24, 2.45) is 0 Å². The van der Waals surface area contributed by atoms with Crippen molar-refractivity contribution in [3.05, 3.63) is 64.7 Å². The van der Waals surface area contributed by atoms with Crippen LogP contribution in [0.2, 0.25) is 5.02 Å². The number of rotatable bonds is 4. The Hall–Kier alpha value is -2.07. The number of carbonyl (C=O) groups excluding carboxylic acids is 1. The van der Waals surface area contributed by atoms with Gasteiger partial charge < -0.3 is 9.64 Å². The van der Waals surface area contributed by atoms with Gasteiger partial charge in [-0.2, -0.15) is 4.31 Å². The van der Waals surface area contributed by atoms with Gasteiger partial charge in [-0.1, -0.05) is 23.7 Å². The van der Waals surface area contributed by atoms with Crippen LogP contribution in [0.1, 0.15) is 18.4 Å². The largest absolute Gasteiger partial charge is 0.381 e. The first-order chi connectivity index (χ1) is 15.2. The lowest BCUT2D eigenvalue weighted by atomic mass is 9.73. The standard InChI is InChI=1S/C22H23ClF2N2O4S/c23-19-15-18(4-5-20(19)25)32(29,30)27-10-8-26(9-11-27)21(28)22(6-12-31-13-7-22)16-2-1-3-17(24)14-16/h1-5,14-15H,6-13H2.